The normalized spacial score (nSPS) is 47.6. The minimum absolute atomic E-state index is 0.0265. The van der Waals surface area contributed by atoms with Gasteiger partial charge in [-0.15, -0.1) is 0 Å². The van der Waals surface area contributed by atoms with Gasteiger partial charge in [-0.25, -0.2) is 4.39 Å². The monoisotopic (exact) mass is 462 g/mol. The van der Waals surface area contributed by atoms with Crippen LogP contribution in [0.25, 0.3) is 0 Å². The standard InChI is InChI=1S/C26H35FO6/c1-14(28)31-13-21(30)26-22(32-23(2,3)33-26)12-18-16-11-20(27)19-10-15(29)6-8-24(19,4)17(16)7-9-25(18,26)5/h10,16-18,20,22H,6-9,11-13H2,1-5H3. The molecule has 1 aliphatic heterocycles. The third-order valence-corrected chi connectivity index (χ3v) is 9.75. The molecule has 4 aliphatic carbocycles. The van der Waals surface area contributed by atoms with Crippen molar-refractivity contribution in [3.8, 4) is 0 Å². The summed E-state index contributed by atoms with van der Waals surface area (Å²) >= 11 is 0. The fourth-order valence-electron chi connectivity index (χ4n) is 8.44. The summed E-state index contributed by atoms with van der Waals surface area (Å²) in [5.74, 6) is -1.29. The molecule has 8 unspecified atom stereocenters. The van der Waals surface area contributed by atoms with E-state index in [1.54, 1.807) is 6.08 Å². The molecule has 5 rings (SSSR count). The van der Waals surface area contributed by atoms with E-state index < -0.39 is 35.0 Å². The van der Waals surface area contributed by atoms with Crippen LogP contribution < -0.4 is 0 Å². The minimum Gasteiger partial charge on any atom is -0.458 e. The van der Waals surface area contributed by atoms with Gasteiger partial charge in [0, 0.05) is 18.8 Å². The highest BCUT2D eigenvalue weighted by Gasteiger charge is 2.76. The van der Waals surface area contributed by atoms with Gasteiger partial charge >= 0.3 is 5.97 Å². The molecule has 33 heavy (non-hydrogen) atoms. The lowest BCUT2D eigenvalue weighted by Crippen LogP contribution is -2.61. The number of halogens is 1. The van der Waals surface area contributed by atoms with Crippen LogP contribution in [-0.2, 0) is 28.6 Å². The average Bonchev–Trinajstić information content (AvgIpc) is 3.13. The zero-order valence-electron chi connectivity index (χ0n) is 20.2. The largest absolute Gasteiger partial charge is 0.458 e. The average molecular weight is 463 g/mol. The van der Waals surface area contributed by atoms with E-state index in [2.05, 4.69) is 13.8 Å². The second-order valence-electron chi connectivity index (χ2n) is 11.8. The van der Waals surface area contributed by atoms with Gasteiger partial charge in [-0.3, -0.25) is 14.4 Å². The first-order chi connectivity index (χ1) is 15.3. The Hall–Kier alpha value is -1.60. The lowest BCUT2D eigenvalue weighted by molar-refractivity contribution is -0.217. The van der Waals surface area contributed by atoms with E-state index in [9.17, 15) is 14.4 Å². The Balaban J connectivity index is 1.53. The Morgan fingerprint density at radius 1 is 1.15 bits per heavy atom. The molecule has 0 aromatic carbocycles. The second kappa shape index (κ2) is 7.20. The molecule has 4 fully saturated rings. The number of fused-ring (bicyclic) bond motifs is 7. The molecule has 5 aliphatic rings. The summed E-state index contributed by atoms with van der Waals surface area (Å²) in [5, 5.41) is 0. The number of Topliss-reactive ketones (excluding diaryl/α,β-unsaturated/α-hetero) is 1. The van der Waals surface area contributed by atoms with Gasteiger partial charge in [-0.1, -0.05) is 13.8 Å². The number of alkyl halides is 1. The number of ketones is 2. The van der Waals surface area contributed by atoms with Gasteiger partial charge in [0.25, 0.3) is 0 Å². The van der Waals surface area contributed by atoms with Gasteiger partial charge in [-0.05, 0) is 80.8 Å². The molecule has 7 heteroatoms. The van der Waals surface area contributed by atoms with Crippen LogP contribution in [0.4, 0.5) is 4.39 Å². The Morgan fingerprint density at radius 3 is 2.58 bits per heavy atom. The van der Waals surface area contributed by atoms with E-state index in [-0.39, 0.29) is 41.3 Å². The first-order valence-corrected chi connectivity index (χ1v) is 12.3. The smallest absolute Gasteiger partial charge is 0.303 e. The first kappa shape index (κ1) is 23.2. The summed E-state index contributed by atoms with van der Waals surface area (Å²) in [6.45, 7) is 8.78. The van der Waals surface area contributed by atoms with Gasteiger partial charge in [0.05, 0.1) is 6.10 Å². The highest BCUT2D eigenvalue weighted by molar-refractivity contribution is 5.93. The molecule has 8 atom stereocenters. The van der Waals surface area contributed by atoms with E-state index in [1.165, 1.54) is 6.92 Å². The number of rotatable bonds is 3. The molecule has 0 aromatic rings. The van der Waals surface area contributed by atoms with Crippen molar-refractivity contribution in [2.75, 3.05) is 6.61 Å². The molecule has 0 aromatic heterocycles. The zero-order valence-corrected chi connectivity index (χ0v) is 20.2. The summed E-state index contributed by atoms with van der Waals surface area (Å²) in [4.78, 5) is 37.2. The van der Waals surface area contributed by atoms with Gasteiger partial charge in [-0.2, -0.15) is 0 Å². The van der Waals surface area contributed by atoms with Gasteiger partial charge in [0.2, 0.25) is 5.78 Å². The van der Waals surface area contributed by atoms with Crippen LogP contribution >= 0.6 is 0 Å². The molecule has 0 amide bonds. The number of esters is 1. The number of hydrogen-bond acceptors (Lipinski definition) is 6. The number of hydrogen-bond donors (Lipinski definition) is 0. The number of carbonyl (C=O) groups excluding carboxylic acids is 3. The second-order valence-corrected chi connectivity index (χ2v) is 11.8. The third-order valence-electron chi connectivity index (χ3n) is 9.75. The maximum Gasteiger partial charge on any atom is 0.303 e. The number of carbonyl (C=O) groups is 3. The highest BCUT2D eigenvalue weighted by atomic mass is 19.1. The van der Waals surface area contributed by atoms with Crippen LogP contribution in [0.5, 0.6) is 0 Å². The lowest BCUT2D eigenvalue weighted by Gasteiger charge is -2.59. The lowest BCUT2D eigenvalue weighted by atomic mass is 9.46. The van der Waals surface area contributed by atoms with Crippen molar-refractivity contribution < 1.29 is 33.0 Å². The van der Waals surface area contributed by atoms with E-state index in [4.69, 9.17) is 14.2 Å². The van der Waals surface area contributed by atoms with Crippen LogP contribution in [0.2, 0.25) is 0 Å². The molecule has 0 bridgehead atoms. The van der Waals surface area contributed by atoms with Gasteiger partial charge < -0.3 is 14.2 Å². The van der Waals surface area contributed by atoms with E-state index >= 15 is 4.39 Å². The highest BCUT2D eigenvalue weighted by Crippen LogP contribution is 2.70. The molecular formula is C26H35FO6. The number of allylic oxidation sites excluding steroid dienone is 1. The topological polar surface area (TPSA) is 78.9 Å². The van der Waals surface area contributed by atoms with Crippen molar-refractivity contribution in [1.82, 2.24) is 0 Å². The molecule has 0 radical (unpaired) electrons. The van der Waals surface area contributed by atoms with Crippen LogP contribution in [0.3, 0.4) is 0 Å². The Bertz CT molecular complexity index is 941. The third kappa shape index (κ3) is 3.07. The molecule has 6 nitrogen and oxygen atoms in total. The molecule has 0 N–H and O–H groups in total. The van der Waals surface area contributed by atoms with Crippen LogP contribution in [0.1, 0.15) is 73.1 Å². The molecule has 1 saturated heterocycles. The maximum absolute atomic E-state index is 15.6. The van der Waals surface area contributed by atoms with Crippen molar-refractivity contribution in [3.63, 3.8) is 0 Å². The zero-order chi connectivity index (χ0) is 24.0. The number of ether oxygens (including phenoxy) is 3. The maximum atomic E-state index is 15.6. The summed E-state index contributed by atoms with van der Waals surface area (Å²) in [6, 6.07) is 0. The van der Waals surface area contributed by atoms with Crippen LogP contribution in [0.15, 0.2) is 11.6 Å². The van der Waals surface area contributed by atoms with Gasteiger partial charge in [0.15, 0.2) is 23.8 Å². The van der Waals surface area contributed by atoms with Crippen molar-refractivity contribution >= 4 is 17.5 Å². The molecule has 182 valence electrons. The molecule has 1 heterocycles. The predicted molar refractivity (Wildman–Crippen MR) is 117 cm³/mol. The molecule has 0 spiro atoms. The predicted octanol–water partition coefficient (Wildman–Crippen LogP) is 4.10. The van der Waals surface area contributed by atoms with Crippen LogP contribution in [0, 0.1) is 28.6 Å². The minimum atomic E-state index is -1.22. The first-order valence-electron chi connectivity index (χ1n) is 12.3. The fourth-order valence-corrected chi connectivity index (χ4v) is 8.44. The summed E-state index contributed by atoms with van der Waals surface area (Å²) < 4.78 is 33.4. The van der Waals surface area contributed by atoms with Gasteiger partial charge in [0.1, 0.15) is 6.17 Å². The summed E-state index contributed by atoms with van der Waals surface area (Å²) in [5.41, 5.74) is -1.42. The van der Waals surface area contributed by atoms with E-state index in [0.717, 1.165) is 12.8 Å². The summed E-state index contributed by atoms with van der Waals surface area (Å²) in [7, 11) is 0. The van der Waals surface area contributed by atoms with Crippen molar-refractivity contribution in [3.05, 3.63) is 11.6 Å². The fraction of sp³-hybridized carbons (Fsp3) is 0.808. The van der Waals surface area contributed by atoms with Crippen molar-refractivity contribution in [2.24, 2.45) is 28.6 Å². The Labute approximate surface area is 194 Å². The van der Waals surface area contributed by atoms with E-state index in [0.29, 0.717) is 31.3 Å². The van der Waals surface area contributed by atoms with E-state index in [1.807, 2.05) is 13.8 Å². The van der Waals surface area contributed by atoms with Crippen molar-refractivity contribution in [1.29, 1.82) is 0 Å². The quantitative estimate of drug-likeness (QED) is 0.588. The van der Waals surface area contributed by atoms with Crippen molar-refractivity contribution in [2.45, 2.75) is 96.8 Å². The molecule has 3 saturated carbocycles. The summed E-state index contributed by atoms with van der Waals surface area (Å²) in [6.07, 6.45) is 3.68. The SMILES string of the molecule is CC(=O)OCC(=O)C12OC(C)(C)OC1CC1C3CC(F)C4=CC(=O)CCC4(C)C3CCC12C. The van der Waals surface area contributed by atoms with Crippen LogP contribution in [-0.4, -0.2) is 47.8 Å². The molecular weight excluding hydrogens is 427 g/mol. The Kier molecular flexibility index (Phi) is 5.05. The Morgan fingerprint density at radius 2 is 1.88 bits per heavy atom.